The summed E-state index contributed by atoms with van der Waals surface area (Å²) in [6.45, 7) is 1.99. The van der Waals surface area contributed by atoms with Gasteiger partial charge in [0.05, 0.1) is 22.0 Å². The second kappa shape index (κ2) is 10.4. The van der Waals surface area contributed by atoms with Crippen molar-refractivity contribution < 1.29 is 14.6 Å². The normalized spacial score (nSPS) is 15.3. The number of nitrogens with two attached hydrogens (primary N) is 1. The fourth-order valence-electron chi connectivity index (χ4n) is 3.11. The topological polar surface area (TPSA) is 110 Å². The van der Waals surface area contributed by atoms with E-state index in [-0.39, 0.29) is 18.6 Å². The SMILES string of the molecule is C[C@@H](C[C@H](O)[C@@H](N)[C@H](c1ccccc1)c1cncs1)NC(=O)OCc1cncs1. The van der Waals surface area contributed by atoms with Crippen molar-refractivity contribution in [1.29, 1.82) is 0 Å². The molecular weight excluding hydrogens is 408 g/mol. The summed E-state index contributed by atoms with van der Waals surface area (Å²) in [5.74, 6) is -0.177. The van der Waals surface area contributed by atoms with Gasteiger partial charge in [-0.3, -0.25) is 9.97 Å². The standard InChI is InChI=1S/C20H24N4O3S2/c1-13(24-20(26)27-10-15-8-22-11-28-15)7-16(25)19(21)18(17-9-23-12-29-17)14-5-3-2-4-6-14/h2-6,8-9,11-13,16,18-19,25H,7,10,21H2,1H3,(H,24,26)/t13-,16-,18+,19+/m0/s1. The first kappa shape index (κ1) is 21.4. The lowest BCUT2D eigenvalue weighted by atomic mass is 9.86. The minimum Gasteiger partial charge on any atom is -0.444 e. The van der Waals surface area contributed by atoms with Crippen molar-refractivity contribution in [3.05, 3.63) is 69.1 Å². The highest BCUT2D eigenvalue weighted by Crippen LogP contribution is 2.31. The summed E-state index contributed by atoms with van der Waals surface area (Å²) in [5, 5.41) is 13.5. The van der Waals surface area contributed by atoms with Gasteiger partial charge in [0.2, 0.25) is 0 Å². The van der Waals surface area contributed by atoms with Crippen LogP contribution < -0.4 is 11.1 Å². The summed E-state index contributed by atoms with van der Waals surface area (Å²) >= 11 is 2.93. The molecule has 0 aliphatic heterocycles. The Kier molecular flexibility index (Phi) is 7.70. The maximum Gasteiger partial charge on any atom is 0.407 e. The molecule has 2 aromatic heterocycles. The van der Waals surface area contributed by atoms with Crippen LogP contribution in [0, 0.1) is 0 Å². The number of rotatable bonds is 9. The van der Waals surface area contributed by atoms with Gasteiger partial charge in [0, 0.05) is 35.3 Å². The quantitative estimate of drug-likeness (QED) is 0.479. The number of alkyl carbamates (subject to hydrolysis) is 1. The Labute approximate surface area is 177 Å². The van der Waals surface area contributed by atoms with Crippen molar-refractivity contribution in [1.82, 2.24) is 15.3 Å². The molecule has 1 aromatic carbocycles. The first-order valence-electron chi connectivity index (χ1n) is 9.22. The number of aromatic nitrogens is 2. The van der Waals surface area contributed by atoms with Crippen LogP contribution in [-0.2, 0) is 11.3 Å². The van der Waals surface area contributed by atoms with Crippen LogP contribution >= 0.6 is 22.7 Å². The number of thiazole rings is 2. The van der Waals surface area contributed by atoms with E-state index in [0.717, 1.165) is 15.3 Å². The second-order valence-electron chi connectivity index (χ2n) is 6.76. The highest BCUT2D eigenvalue weighted by molar-refractivity contribution is 7.09. The molecule has 0 bridgehead atoms. The third-order valence-corrected chi connectivity index (χ3v) is 6.15. The van der Waals surface area contributed by atoms with Gasteiger partial charge in [0.25, 0.3) is 0 Å². The minimum absolute atomic E-state index is 0.173. The lowest BCUT2D eigenvalue weighted by Crippen LogP contribution is -2.44. The predicted octanol–water partition coefficient (Wildman–Crippen LogP) is 3.12. The van der Waals surface area contributed by atoms with E-state index in [1.165, 1.54) is 22.7 Å². The zero-order chi connectivity index (χ0) is 20.6. The maximum absolute atomic E-state index is 12.0. The Balaban J connectivity index is 1.57. The van der Waals surface area contributed by atoms with Gasteiger partial charge in [-0.15, -0.1) is 22.7 Å². The molecule has 0 fully saturated rings. The van der Waals surface area contributed by atoms with E-state index < -0.39 is 18.2 Å². The molecule has 9 heteroatoms. The number of nitrogens with one attached hydrogen (secondary N) is 1. The maximum atomic E-state index is 12.0. The van der Waals surface area contributed by atoms with E-state index in [4.69, 9.17) is 10.5 Å². The Morgan fingerprint density at radius 2 is 1.93 bits per heavy atom. The molecule has 4 N–H and O–H groups in total. The first-order valence-corrected chi connectivity index (χ1v) is 11.0. The van der Waals surface area contributed by atoms with Crippen LogP contribution in [0.3, 0.4) is 0 Å². The predicted molar refractivity (Wildman–Crippen MR) is 114 cm³/mol. The van der Waals surface area contributed by atoms with E-state index in [0.29, 0.717) is 6.42 Å². The van der Waals surface area contributed by atoms with Gasteiger partial charge in [-0.2, -0.15) is 0 Å². The third-order valence-electron chi connectivity index (χ3n) is 4.53. The highest BCUT2D eigenvalue weighted by Gasteiger charge is 2.30. The molecule has 0 saturated heterocycles. The number of hydrogen-bond donors (Lipinski definition) is 3. The Bertz CT molecular complexity index is 859. The molecule has 154 valence electrons. The van der Waals surface area contributed by atoms with Crippen molar-refractivity contribution >= 4 is 28.8 Å². The Morgan fingerprint density at radius 3 is 2.59 bits per heavy atom. The summed E-state index contributed by atoms with van der Waals surface area (Å²) in [5.41, 5.74) is 10.9. The Morgan fingerprint density at radius 1 is 1.21 bits per heavy atom. The van der Waals surface area contributed by atoms with Crippen LogP contribution in [-0.4, -0.2) is 39.4 Å². The highest BCUT2D eigenvalue weighted by atomic mass is 32.1. The van der Waals surface area contributed by atoms with E-state index >= 15 is 0 Å². The van der Waals surface area contributed by atoms with E-state index in [9.17, 15) is 9.90 Å². The third kappa shape index (κ3) is 6.07. The van der Waals surface area contributed by atoms with Crippen molar-refractivity contribution in [2.45, 2.75) is 44.1 Å². The summed E-state index contributed by atoms with van der Waals surface area (Å²) in [6, 6.07) is 8.99. The first-order chi connectivity index (χ1) is 14.0. The Hall–Kier alpha value is -2.33. The number of benzene rings is 1. The van der Waals surface area contributed by atoms with Gasteiger partial charge in [-0.1, -0.05) is 30.3 Å². The molecule has 0 radical (unpaired) electrons. The van der Waals surface area contributed by atoms with E-state index in [1.807, 2.05) is 37.3 Å². The van der Waals surface area contributed by atoms with Gasteiger partial charge in [0.1, 0.15) is 6.61 Å². The molecule has 7 nitrogen and oxygen atoms in total. The van der Waals surface area contributed by atoms with Crippen molar-refractivity contribution in [2.24, 2.45) is 5.73 Å². The van der Waals surface area contributed by atoms with Gasteiger partial charge in [-0.05, 0) is 18.9 Å². The lowest BCUT2D eigenvalue weighted by molar-refractivity contribution is 0.108. The zero-order valence-corrected chi connectivity index (χ0v) is 17.6. The van der Waals surface area contributed by atoms with Crippen molar-refractivity contribution in [3.8, 4) is 0 Å². The number of carbonyl (C=O) groups excluding carboxylic acids is 1. The molecule has 0 unspecified atom stereocenters. The number of aliphatic hydroxyl groups excluding tert-OH is 1. The van der Waals surface area contributed by atoms with Crippen LogP contribution in [0.25, 0.3) is 0 Å². The number of ether oxygens (including phenoxy) is 1. The fourth-order valence-corrected chi connectivity index (χ4v) is 4.42. The number of amides is 1. The largest absolute Gasteiger partial charge is 0.444 e. The average molecular weight is 433 g/mol. The summed E-state index contributed by atoms with van der Waals surface area (Å²) in [6.07, 6.45) is 2.40. The number of carbonyl (C=O) groups is 1. The second-order valence-corrected chi connectivity index (χ2v) is 8.65. The smallest absolute Gasteiger partial charge is 0.407 e. The molecule has 0 saturated carbocycles. The van der Waals surface area contributed by atoms with Gasteiger partial charge >= 0.3 is 6.09 Å². The van der Waals surface area contributed by atoms with E-state index in [2.05, 4.69) is 15.3 Å². The van der Waals surface area contributed by atoms with Gasteiger partial charge < -0.3 is 20.9 Å². The lowest BCUT2D eigenvalue weighted by Gasteiger charge is -2.29. The molecule has 3 rings (SSSR count). The summed E-state index contributed by atoms with van der Waals surface area (Å²) in [7, 11) is 0. The van der Waals surface area contributed by atoms with Gasteiger partial charge in [0.15, 0.2) is 0 Å². The molecule has 4 atom stereocenters. The van der Waals surface area contributed by atoms with Crippen LogP contribution in [0.5, 0.6) is 0 Å². The molecule has 3 aromatic rings. The molecular formula is C20H24N4O3S2. The molecule has 1 amide bonds. The van der Waals surface area contributed by atoms with Crippen LogP contribution in [0.4, 0.5) is 4.79 Å². The summed E-state index contributed by atoms with van der Waals surface area (Å²) < 4.78 is 5.18. The monoisotopic (exact) mass is 432 g/mol. The average Bonchev–Trinajstić information content (AvgIpc) is 3.41. The molecule has 29 heavy (non-hydrogen) atoms. The zero-order valence-electron chi connectivity index (χ0n) is 16.0. The van der Waals surface area contributed by atoms with Crippen LogP contribution in [0.2, 0.25) is 0 Å². The molecule has 0 spiro atoms. The molecule has 0 aliphatic carbocycles. The van der Waals surface area contributed by atoms with E-state index in [1.54, 1.807) is 23.4 Å². The van der Waals surface area contributed by atoms with Crippen LogP contribution in [0.15, 0.2) is 53.7 Å². The van der Waals surface area contributed by atoms with Gasteiger partial charge in [-0.25, -0.2) is 4.79 Å². The summed E-state index contributed by atoms with van der Waals surface area (Å²) in [4.78, 5) is 21.9. The fraction of sp³-hybridized carbons (Fsp3) is 0.350. The van der Waals surface area contributed by atoms with Crippen LogP contribution in [0.1, 0.15) is 34.6 Å². The number of aliphatic hydroxyl groups is 1. The molecule has 0 aliphatic rings. The number of nitrogens with zero attached hydrogens (tertiary/aromatic N) is 2. The van der Waals surface area contributed by atoms with Crippen molar-refractivity contribution in [2.75, 3.05) is 0 Å². The molecule has 2 heterocycles. The van der Waals surface area contributed by atoms with Crippen molar-refractivity contribution in [3.63, 3.8) is 0 Å². The minimum atomic E-state index is -0.820. The number of hydrogen-bond acceptors (Lipinski definition) is 8.